The van der Waals surface area contributed by atoms with Crippen molar-refractivity contribution in [2.45, 2.75) is 39.2 Å². The van der Waals surface area contributed by atoms with Crippen molar-refractivity contribution in [1.82, 2.24) is 14.9 Å². The normalized spacial score (nSPS) is 11.0. The van der Waals surface area contributed by atoms with Gasteiger partial charge in [0.1, 0.15) is 18.2 Å². The number of halogens is 1. The summed E-state index contributed by atoms with van der Waals surface area (Å²) >= 11 is 3.41. The molecule has 0 aliphatic heterocycles. The number of unbranched alkanes of at least 4 members (excludes halogenated alkanes) is 2. The van der Waals surface area contributed by atoms with Gasteiger partial charge in [-0.1, -0.05) is 58.7 Å². The molecule has 0 aliphatic rings. The fourth-order valence-electron chi connectivity index (χ4n) is 4.05. The monoisotopic (exact) mass is 519 g/mol. The molecule has 1 N–H and O–H groups in total. The number of imidazole rings is 1. The van der Waals surface area contributed by atoms with Crippen LogP contribution in [0.3, 0.4) is 0 Å². The quantitative estimate of drug-likeness (QED) is 0.235. The summed E-state index contributed by atoms with van der Waals surface area (Å²) in [6, 6.07) is 23.8. The van der Waals surface area contributed by atoms with Gasteiger partial charge in [-0.25, -0.2) is 4.98 Å². The number of ether oxygens (including phenoxy) is 1. The molecule has 0 saturated carbocycles. The molecule has 0 aliphatic carbocycles. The van der Waals surface area contributed by atoms with Gasteiger partial charge < -0.3 is 14.6 Å². The van der Waals surface area contributed by atoms with Crippen molar-refractivity contribution >= 4 is 32.9 Å². The SMILES string of the molecule is Cc1ccccc1OCCn1c(CCCCCNC(=O)c2cccc(Br)c2)nc2ccccc21. The maximum Gasteiger partial charge on any atom is 0.251 e. The number of nitrogens with one attached hydrogen (secondary N) is 1. The van der Waals surface area contributed by atoms with Crippen molar-refractivity contribution in [3.05, 3.63) is 94.2 Å². The second-order valence-corrected chi connectivity index (χ2v) is 9.27. The van der Waals surface area contributed by atoms with Gasteiger partial charge in [0.05, 0.1) is 17.6 Å². The zero-order valence-corrected chi connectivity index (χ0v) is 21.1. The Hall–Kier alpha value is -3.12. The molecule has 5 nitrogen and oxygen atoms in total. The van der Waals surface area contributed by atoms with E-state index >= 15 is 0 Å². The number of carbonyl (C=O) groups excluding carboxylic acids is 1. The van der Waals surface area contributed by atoms with Gasteiger partial charge in [0.15, 0.2) is 0 Å². The van der Waals surface area contributed by atoms with Gasteiger partial charge in [0.25, 0.3) is 5.91 Å². The van der Waals surface area contributed by atoms with Crippen LogP contribution >= 0.6 is 15.9 Å². The summed E-state index contributed by atoms with van der Waals surface area (Å²) in [7, 11) is 0. The van der Waals surface area contributed by atoms with Crippen LogP contribution in [0.25, 0.3) is 11.0 Å². The number of hydrogen-bond acceptors (Lipinski definition) is 3. The Bertz CT molecular complexity index is 1250. The predicted octanol–water partition coefficient (Wildman–Crippen LogP) is 6.33. The van der Waals surface area contributed by atoms with Crippen LogP contribution in [-0.4, -0.2) is 28.6 Å². The number of aryl methyl sites for hydroxylation is 2. The van der Waals surface area contributed by atoms with Gasteiger partial charge in [0, 0.05) is 23.0 Å². The zero-order valence-electron chi connectivity index (χ0n) is 19.5. The third-order valence-electron chi connectivity index (χ3n) is 5.85. The number of benzene rings is 3. The molecular weight excluding hydrogens is 490 g/mol. The first-order valence-corrected chi connectivity index (χ1v) is 12.6. The first-order chi connectivity index (χ1) is 16.6. The molecule has 1 amide bonds. The summed E-state index contributed by atoms with van der Waals surface area (Å²) in [5.74, 6) is 1.99. The molecule has 0 atom stereocenters. The van der Waals surface area contributed by atoms with Crippen LogP contribution in [0.1, 0.15) is 41.0 Å². The summed E-state index contributed by atoms with van der Waals surface area (Å²) < 4.78 is 9.24. The van der Waals surface area contributed by atoms with Crippen LogP contribution in [-0.2, 0) is 13.0 Å². The van der Waals surface area contributed by atoms with Gasteiger partial charge in [-0.05, 0) is 61.7 Å². The molecule has 0 fully saturated rings. The average molecular weight is 520 g/mol. The highest BCUT2D eigenvalue weighted by molar-refractivity contribution is 9.10. The van der Waals surface area contributed by atoms with E-state index in [1.165, 1.54) is 0 Å². The molecule has 0 bridgehead atoms. The minimum atomic E-state index is -0.0308. The van der Waals surface area contributed by atoms with Crippen LogP contribution in [0.15, 0.2) is 77.3 Å². The molecule has 34 heavy (non-hydrogen) atoms. The third kappa shape index (κ3) is 6.26. The van der Waals surface area contributed by atoms with Crippen LogP contribution in [0.4, 0.5) is 0 Å². The summed E-state index contributed by atoms with van der Waals surface area (Å²) in [5.41, 5.74) is 3.99. The van der Waals surface area contributed by atoms with Gasteiger partial charge >= 0.3 is 0 Å². The highest BCUT2D eigenvalue weighted by Crippen LogP contribution is 2.20. The molecule has 6 heteroatoms. The topological polar surface area (TPSA) is 56.1 Å². The number of fused-ring (bicyclic) bond motifs is 1. The second kappa shape index (κ2) is 11.8. The second-order valence-electron chi connectivity index (χ2n) is 8.36. The summed E-state index contributed by atoms with van der Waals surface area (Å²) in [5, 5.41) is 3.01. The van der Waals surface area contributed by atoms with E-state index < -0.39 is 0 Å². The smallest absolute Gasteiger partial charge is 0.251 e. The maximum atomic E-state index is 12.3. The Kier molecular flexibility index (Phi) is 8.36. The highest BCUT2D eigenvalue weighted by Gasteiger charge is 2.11. The predicted molar refractivity (Wildman–Crippen MR) is 140 cm³/mol. The van der Waals surface area contributed by atoms with E-state index in [1.807, 2.05) is 48.5 Å². The van der Waals surface area contributed by atoms with Gasteiger partial charge in [-0.3, -0.25) is 4.79 Å². The molecule has 176 valence electrons. The number of aromatic nitrogens is 2. The van der Waals surface area contributed by atoms with E-state index in [-0.39, 0.29) is 5.91 Å². The molecule has 1 heterocycles. The van der Waals surface area contributed by atoms with Crippen LogP contribution in [0.5, 0.6) is 5.75 Å². The summed E-state index contributed by atoms with van der Waals surface area (Å²) in [6.45, 7) is 4.09. The molecule has 0 unspecified atom stereocenters. The lowest BCUT2D eigenvalue weighted by atomic mass is 10.1. The van der Waals surface area contributed by atoms with E-state index in [0.29, 0.717) is 18.7 Å². The lowest BCUT2D eigenvalue weighted by Crippen LogP contribution is -2.24. The van der Waals surface area contributed by atoms with Gasteiger partial charge in [-0.2, -0.15) is 0 Å². The molecule has 0 saturated heterocycles. The van der Waals surface area contributed by atoms with Crippen LogP contribution < -0.4 is 10.1 Å². The Morgan fingerprint density at radius 1 is 1.00 bits per heavy atom. The van der Waals surface area contributed by atoms with E-state index in [2.05, 4.69) is 57.0 Å². The zero-order chi connectivity index (χ0) is 23.8. The Morgan fingerprint density at radius 2 is 1.82 bits per heavy atom. The standard InChI is InChI=1S/C28H30BrN3O2/c1-21-10-4-7-15-26(21)34-19-18-32-25-14-6-5-13-24(25)31-27(32)16-3-2-8-17-30-28(33)22-11-9-12-23(29)20-22/h4-7,9-15,20H,2-3,8,16-19H2,1H3,(H,30,33). The first-order valence-electron chi connectivity index (χ1n) is 11.8. The van der Waals surface area contributed by atoms with E-state index in [1.54, 1.807) is 0 Å². The van der Waals surface area contributed by atoms with Gasteiger partial charge in [-0.15, -0.1) is 0 Å². The molecule has 3 aromatic carbocycles. The minimum absolute atomic E-state index is 0.0308. The third-order valence-corrected chi connectivity index (χ3v) is 6.34. The Morgan fingerprint density at radius 3 is 2.68 bits per heavy atom. The average Bonchev–Trinajstić information content (AvgIpc) is 3.19. The number of amides is 1. The van der Waals surface area contributed by atoms with Crippen molar-refractivity contribution in [3.8, 4) is 5.75 Å². The van der Waals surface area contributed by atoms with Crippen molar-refractivity contribution in [1.29, 1.82) is 0 Å². The van der Waals surface area contributed by atoms with Crippen LogP contribution in [0, 0.1) is 6.92 Å². The van der Waals surface area contributed by atoms with Crippen molar-refractivity contribution in [3.63, 3.8) is 0 Å². The maximum absolute atomic E-state index is 12.3. The van der Waals surface area contributed by atoms with Crippen LogP contribution in [0.2, 0.25) is 0 Å². The summed E-state index contributed by atoms with van der Waals surface area (Å²) in [4.78, 5) is 17.1. The summed E-state index contributed by atoms with van der Waals surface area (Å²) in [6.07, 6.45) is 3.89. The minimum Gasteiger partial charge on any atom is -0.491 e. The lowest BCUT2D eigenvalue weighted by molar-refractivity contribution is 0.0953. The van der Waals surface area contributed by atoms with E-state index in [4.69, 9.17) is 9.72 Å². The molecule has 1 aromatic heterocycles. The van der Waals surface area contributed by atoms with E-state index in [9.17, 15) is 4.79 Å². The lowest BCUT2D eigenvalue weighted by Gasteiger charge is -2.12. The van der Waals surface area contributed by atoms with Crippen molar-refractivity contribution in [2.75, 3.05) is 13.2 Å². The molecule has 4 rings (SSSR count). The fourth-order valence-corrected chi connectivity index (χ4v) is 4.45. The van der Waals surface area contributed by atoms with E-state index in [0.717, 1.165) is 64.9 Å². The molecule has 0 spiro atoms. The van der Waals surface area contributed by atoms with Gasteiger partial charge in [0.2, 0.25) is 0 Å². The highest BCUT2D eigenvalue weighted by atomic mass is 79.9. The number of para-hydroxylation sites is 3. The molecular formula is C28H30BrN3O2. The fraction of sp³-hybridized carbons (Fsp3) is 0.286. The number of rotatable bonds is 11. The molecule has 4 aromatic rings. The number of hydrogen-bond donors (Lipinski definition) is 1. The largest absolute Gasteiger partial charge is 0.491 e. The van der Waals surface area contributed by atoms with Crippen molar-refractivity contribution in [2.24, 2.45) is 0 Å². The Labute approximate surface area is 209 Å². The Balaban J connectivity index is 1.28. The molecule has 0 radical (unpaired) electrons. The van der Waals surface area contributed by atoms with Crippen molar-refractivity contribution < 1.29 is 9.53 Å². The number of carbonyl (C=O) groups is 1. The number of nitrogens with zero attached hydrogens (tertiary/aromatic N) is 2. The first kappa shape index (κ1) is 24.0.